The van der Waals surface area contributed by atoms with Crippen molar-refractivity contribution >= 4 is 11.9 Å². The number of carbonyl (C=O) groups is 2. The highest BCUT2D eigenvalue weighted by molar-refractivity contribution is 5.81. The Kier molecular flexibility index (Phi) is 6.42. The van der Waals surface area contributed by atoms with Crippen LogP contribution in [0.2, 0.25) is 0 Å². The minimum atomic E-state index is -0.787. The van der Waals surface area contributed by atoms with Crippen LogP contribution < -0.4 is 0 Å². The molecule has 1 fully saturated rings. The van der Waals surface area contributed by atoms with E-state index in [2.05, 4.69) is 0 Å². The first-order valence-corrected chi connectivity index (χ1v) is 7.14. The van der Waals surface area contributed by atoms with Gasteiger partial charge >= 0.3 is 5.97 Å². The fraction of sp³-hybridized carbons (Fsp3) is 0.857. The van der Waals surface area contributed by atoms with Crippen molar-refractivity contribution in [2.75, 3.05) is 46.9 Å². The Morgan fingerprint density at radius 3 is 2.70 bits per heavy atom. The first-order valence-electron chi connectivity index (χ1n) is 7.14. The van der Waals surface area contributed by atoms with Gasteiger partial charge in [0.1, 0.15) is 0 Å². The maximum atomic E-state index is 12.2. The van der Waals surface area contributed by atoms with Crippen LogP contribution in [0.4, 0.5) is 0 Å². The second kappa shape index (κ2) is 7.59. The quantitative estimate of drug-likeness (QED) is 0.745. The highest BCUT2D eigenvalue weighted by Crippen LogP contribution is 2.33. The highest BCUT2D eigenvalue weighted by Gasteiger charge is 2.42. The molecule has 1 atom stereocenters. The van der Waals surface area contributed by atoms with E-state index < -0.39 is 11.4 Å². The summed E-state index contributed by atoms with van der Waals surface area (Å²) in [6.07, 6.45) is 1.97. The molecule has 0 bridgehead atoms. The topological polar surface area (TPSA) is 70.1 Å². The van der Waals surface area contributed by atoms with Gasteiger partial charge in [-0.05, 0) is 26.3 Å². The molecule has 1 unspecified atom stereocenters. The number of aliphatic carboxylic acids is 1. The minimum absolute atomic E-state index is 0.00220. The molecular weight excluding hydrogens is 260 g/mol. The summed E-state index contributed by atoms with van der Waals surface area (Å²) in [5, 5.41) is 9.42. The molecule has 0 radical (unpaired) electrons. The van der Waals surface area contributed by atoms with E-state index in [0.717, 1.165) is 6.42 Å². The van der Waals surface area contributed by atoms with Gasteiger partial charge in [-0.15, -0.1) is 0 Å². The lowest BCUT2D eigenvalue weighted by Crippen LogP contribution is -2.51. The van der Waals surface area contributed by atoms with Gasteiger partial charge in [0.15, 0.2) is 0 Å². The minimum Gasteiger partial charge on any atom is -0.481 e. The van der Waals surface area contributed by atoms with Crippen molar-refractivity contribution < 1.29 is 19.4 Å². The molecule has 0 saturated carbocycles. The number of nitrogens with zero attached hydrogens (tertiary/aromatic N) is 2. The van der Waals surface area contributed by atoms with E-state index in [0.29, 0.717) is 45.6 Å². The number of carboxylic acid groups (broad SMARTS) is 1. The average molecular weight is 286 g/mol. The second-order valence-corrected chi connectivity index (χ2v) is 5.59. The molecule has 1 rings (SSSR count). The molecule has 1 aliphatic heterocycles. The molecule has 0 spiro atoms. The van der Waals surface area contributed by atoms with Gasteiger partial charge in [0.05, 0.1) is 18.6 Å². The number of ether oxygens (including phenoxy) is 1. The van der Waals surface area contributed by atoms with Crippen LogP contribution in [0.5, 0.6) is 0 Å². The molecule has 1 heterocycles. The van der Waals surface area contributed by atoms with Gasteiger partial charge in [-0.2, -0.15) is 0 Å². The zero-order valence-corrected chi connectivity index (χ0v) is 12.7. The summed E-state index contributed by atoms with van der Waals surface area (Å²) in [6, 6.07) is 0. The molecule has 116 valence electrons. The van der Waals surface area contributed by atoms with Gasteiger partial charge in [-0.1, -0.05) is 6.92 Å². The number of methoxy groups -OCH3 is 1. The molecule has 0 aromatic carbocycles. The second-order valence-electron chi connectivity index (χ2n) is 5.59. The van der Waals surface area contributed by atoms with Crippen molar-refractivity contribution in [2.45, 2.75) is 26.2 Å². The number of carboxylic acids is 1. The lowest BCUT2D eigenvalue weighted by Gasteiger charge is -2.39. The lowest BCUT2D eigenvalue weighted by molar-refractivity contribution is -0.155. The van der Waals surface area contributed by atoms with Crippen molar-refractivity contribution in [2.24, 2.45) is 5.41 Å². The zero-order valence-electron chi connectivity index (χ0n) is 12.7. The number of piperidine rings is 1. The number of hydrogen-bond donors (Lipinski definition) is 1. The molecule has 1 N–H and O–H groups in total. The summed E-state index contributed by atoms with van der Waals surface area (Å²) in [5.41, 5.74) is -0.765. The fourth-order valence-electron chi connectivity index (χ4n) is 2.62. The summed E-state index contributed by atoms with van der Waals surface area (Å²) in [7, 11) is 3.49. The fourth-order valence-corrected chi connectivity index (χ4v) is 2.62. The third-order valence-electron chi connectivity index (χ3n) is 4.14. The molecule has 6 nitrogen and oxygen atoms in total. The molecule has 20 heavy (non-hydrogen) atoms. The first kappa shape index (κ1) is 16.9. The highest BCUT2D eigenvalue weighted by atomic mass is 16.5. The van der Waals surface area contributed by atoms with Crippen LogP contribution in [0.3, 0.4) is 0 Å². The van der Waals surface area contributed by atoms with Crippen molar-refractivity contribution in [3.05, 3.63) is 0 Å². The van der Waals surface area contributed by atoms with E-state index in [1.165, 1.54) is 0 Å². The molecule has 0 aliphatic carbocycles. The van der Waals surface area contributed by atoms with Crippen LogP contribution in [0.25, 0.3) is 0 Å². The van der Waals surface area contributed by atoms with Crippen molar-refractivity contribution in [3.8, 4) is 0 Å². The van der Waals surface area contributed by atoms with Gasteiger partial charge in [0.25, 0.3) is 0 Å². The number of amides is 1. The standard InChI is InChI=1S/C14H26N2O4/c1-4-14(13(18)19)6-5-7-16(11-14)12(17)10-15(2)8-9-20-3/h4-11H2,1-3H3,(H,18,19). The summed E-state index contributed by atoms with van der Waals surface area (Å²) in [4.78, 5) is 27.3. The van der Waals surface area contributed by atoms with Crippen molar-refractivity contribution in [1.29, 1.82) is 0 Å². The number of likely N-dealkylation sites (tertiary alicyclic amines) is 1. The number of hydrogen-bond acceptors (Lipinski definition) is 4. The van der Waals surface area contributed by atoms with Crippen LogP contribution >= 0.6 is 0 Å². The number of likely N-dealkylation sites (N-methyl/N-ethyl adjacent to an activating group) is 1. The van der Waals surface area contributed by atoms with Gasteiger partial charge in [0.2, 0.25) is 5.91 Å². The SMILES string of the molecule is CCC1(C(=O)O)CCCN(C(=O)CN(C)CCOC)C1. The molecule has 1 aliphatic rings. The summed E-state index contributed by atoms with van der Waals surface area (Å²) >= 11 is 0. The van der Waals surface area contributed by atoms with E-state index in [1.807, 2.05) is 18.9 Å². The molecule has 1 amide bonds. The first-order chi connectivity index (χ1) is 9.45. The average Bonchev–Trinajstić information content (AvgIpc) is 2.44. The van der Waals surface area contributed by atoms with E-state index in [-0.39, 0.29) is 5.91 Å². The third kappa shape index (κ3) is 4.18. The normalized spacial score (nSPS) is 23.1. The maximum Gasteiger partial charge on any atom is 0.311 e. The number of rotatable bonds is 7. The van der Waals surface area contributed by atoms with Crippen LogP contribution in [0, 0.1) is 5.41 Å². The van der Waals surface area contributed by atoms with Crippen LogP contribution in [-0.4, -0.2) is 73.7 Å². The Morgan fingerprint density at radius 2 is 2.15 bits per heavy atom. The molecular formula is C14H26N2O4. The van der Waals surface area contributed by atoms with Gasteiger partial charge < -0.3 is 14.7 Å². The summed E-state index contributed by atoms with van der Waals surface area (Å²) in [6.45, 7) is 4.45. The summed E-state index contributed by atoms with van der Waals surface area (Å²) in [5.74, 6) is -0.785. The number of carbonyl (C=O) groups excluding carboxylic acids is 1. The zero-order chi connectivity index (χ0) is 15.2. The van der Waals surface area contributed by atoms with E-state index >= 15 is 0 Å². The summed E-state index contributed by atoms with van der Waals surface area (Å²) < 4.78 is 4.98. The predicted octanol–water partition coefficient (Wildman–Crippen LogP) is 0.668. The Bertz CT molecular complexity index is 348. The lowest BCUT2D eigenvalue weighted by atomic mass is 9.77. The van der Waals surface area contributed by atoms with Crippen molar-refractivity contribution in [1.82, 2.24) is 9.80 Å². The predicted molar refractivity (Wildman–Crippen MR) is 75.5 cm³/mol. The van der Waals surface area contributed by atoms with Crippen molar-refractivity contribution in [3.63, 3.8) is 0 Å². The van der Waals surface area contributed by atoms with E-state index in [9.17, 15) is 14.7 Å². The Labute approximate surface area is 120 Å². The molecule has 0 aromatic heterocycles. The van der Waals surface area contributed by atoms with Crippen LogP contribution in [0.15, 0.2) is 0 Å². The Hall–Kier alpha value is -1.14. The van der Waals surface area contributed by atoms with Crippen LogP contribution in [-0.2, 0) is 14.3 Å². The monoisotopic (exact) mass is 286 g/mol. The molecule has 6 heteroatoms. The van der Waals surface area contributed by atoms with Gasteiger partial charge in [0, 0.05) is 26.7 Å². The Morgan fingerprint density at radius 1 is 1.45 bits per heavy atom. The third-order valence-corrected chi connectivity index (χ3v) is 4.14. The van der Waals surface area contributed by atoms with E-state index in [1.54, 1.807) is 12.0 Å². The van der Waals surface area contributed by atoms with E-state index in [4.69, 9.17) is 4.74 Å². The molecule has 0 aromatic rings. The smallest absolute Gasteiger partial charge is 0.311 e. The van der Waals surface area contributed by atoms with Gasteiger partial charge in [-0.3, -0.25) is 14.5 Å². The Balaban J connectivity index is 2.58. The van der Waals surface area contributed by atoms with Gasteiger partial charge in [-0.25, -0.2) is 0 Å². The van der Waals surface area contributed by atoms with Crippen LogP contribution in [0.1, 0.15) is 26.2 Å². The molecule has 1 saturated heterocycles. The largest absolute Gasteiger partial charge is 0.481 e. The maximum absolute atomic E-state index is 12.2.